The minimum atomic E-state index is -0.117. The van der Waals surface area contributed by atoms with Crippen molar-refractivity contribution < 1.29 is 9.21 Å². The summed E-state index contributed by atoms with van der Waals surface area (Å²) in [5.74, 6) is 1.17. The molecular weight excluding hydrogens is 402 g/mol. The number of halogens is 1. The molecule has 30 heavy (non-hydrogen) atoms. The Balaban J connectivity index is 1.70. The monoisotopic (exact) mass is 427 g/mol. The Morgan fingerprint density at radius 3 is 2.70 bits per heavy atom. The van der Waals surface area contributed by atoms with Crippen LogP contribution in [-0.2, 0) is 13.1 Å². The molecule has 0 saturated carbocycles. The van der Waals surface area contributed by atoms with Crippen LogP contribution in [0.25, 0.3) is 17.3 Å². The predicted octanol–water partition coefficient (Wildman–Crippen LogP) is 4.39. The van der Waals surface area contributed by atoms with Gasteiger partial charge >= 0.3 is 0 Å². The number of carbonyl (C=O) groups is 1. The summed E-state index contributed by atoms with van der Waals surface area (Å²) < 4.78 is 7.98. The van der Waals surface area contributed by atoms with Gasteiger partial charge in [-0.15, -0.1) is 0 Å². The zero-order valence-corrected chi connectivity index (χ0v) is 18.3. The van der Waals surface area contributed by atoms with Crippen LogP contribution in [0.15, 0.2) is 35.1 Å². The molecule has 3 aromatic rings. The summed E-state index contributed by atoms with van der Waals surface area (Å²) in [6.07, 6.45) is 5.67. The average Bonchev–Trinajstić information content (AvgIpc) is 3.32. The van der Waals surface area contributed by atoms with Gasteiger partial charge in [0.25, 0.3) is 5.91 Å². The first-order valence-electron chi connectivity index (χ1n) is 10.3. The first kappa shape index (κ1) is 20.6. The molecule has 0 fully saturated rings. The third kappa shape index (κ3) is 3.75. The van der Waals surface area contributed by atoms with Crippen molar-refractivity contribution in [1.29, 1.82) is 0 Å². The second kappa shape index (κ2) is 8.62. The van der Waals surface area contributed by atoms with E-state index in [4.69, 9.17) is 16.0 Å². The third-order valence-corrected chi connectivity index (χ3v) is 5.60. The van der Waals surface area contributed by atoms with E-state index in [1.807, 2.05) is 16.7 Å². The lowest BCUT2D eigenvalue weighted by Gasteiger charge is -2.18. The van der Waals surface area contributed by atoms with Gasteiger partial charge in [-0.25, -0.2) is 9.97 Å². The predicted molar refractivity (Wildman–Crippen MR) is 116 cm³/mol. The Labute approximate surface area is 181 Å². The molecule has 0 radical (unpaired) electrons. The minimum Gasteiger partial charge on any atom is -0.438 e. The molecule has 3 heterocycles. The Morgan fingerprint density at radius 1 is 1.20 bits per heavy atom. The number of aromatic nitrogens is 3. The molecule has 0 bridgehead atoms. The molecule has 0 N–H and O–H groups in total. The first-order valence-corrected chi connectivity index (χ1v) is 10.7. The van der Waals surface area contributed by atoms with Gasteiger partial charge in [0, 0.05) is 7.05 Å². The maximum Gasteiger partial charge on any atom is 0.257 e. The Hall–Kier alpha value is -2.64. The third-order valence-electron chi connectivity index (χ3n) is 5.28. The molecule has 7 nitrogen and oxygen atoms in total. The fourth-order valence-electron chi connectivity index (χ4n) is 3.94. The van der Waals surface area contributed by atoms with E-state index in [-0.39, 0.29) is 5.91 Å². The molecule has 4 rings (SSSR count). The molecule has 0 unspecified atom stereocenters. The molecule has 1 amide bonds. The summed E-state index contributed by atoms with van der Waals surface area (Å²) >= 11 is 6.35. The van der Waals surface area contributed by atoms with Crippen molar-refractivity contribution >= 4 is 17.5 Å². The van der Waals surface area contributed by atoms with E-state index in [1.165, 1.54) is 0 Å². The average molecular weight is 428 g/mol. The van der Waals surface area contributed by atoms with Gasteiger partial charge < -0.3 is 9.32 Å². The van der Waals surface area contributed by atoms with Gasteiger partial charge in [-0.1, -0.05) is 31.5 Å². The Bertz CT molecular complexity index is 1050. The molecule has 1 aliphatic rings. The highest BCUT2D eigenvalue weighted by atomic mass is 35.5. The van der Waals surface area contributed by atoms with Gasteiger partial charge in [0.1, 0.15) is 17.8 Å². The highest BCUT2D eigenvalue weighted by Crippen LogP contribution is 2.33. The van der Waals surface area contributed by atoms with Crippen molar-refractivity contribution in [3.8, 4) is 17.3 Å². The fraction of sp³-hybridized carbons (Fsp3) is 0.409. The highest BCUT2D eigenvalue weighted by Gasteiger charge is 2.29. The van der Waals surface area contributed by atoms with Crippen LogP contribution in [0, 0.1) is 0 Å². The van der Waals surface area contributed by atoms with E-state index in [9.17, 15) is 4.79 Å². The molecule has 1 aliphatic heterocycles. The van der Waals surface area contributed by atoms with Gasteiger partial charge in [-0.2, -0.15) is 0 Å². The number of hydrogen-bond acceptors (Lipinski definition) is 5. The molecule has 0 atom stereocenters. The lowest BCUT2D eigenvalue weighted by Crippen LogP contribution is -2.25. The van der Waals surface area contributed by atoms with Gasteiger partial charge in [0.2, 0.25) is 5.89 Å². The summed E-state index contributed by atoms with van der Waals surface area (Å²) in [5, 5.41) is 0.429. The van der Waals surface area contributed by atoms with E-state index in [0.29, 0.717) is 28.7 Å². The van der Waals surface area contributed by atoms with Crippen LogP contribution in [0.2, 0.25) is 5.02 Å². The lowest BCUT2D eigenvalue weighted by atomic mass is 10.1. The van der Waals surface area contributed by atoms with Gasteiger partial charge in [-0.3, -0.25) is 14.3 Å². The summed E-state index contributed by atoms with van der Waals surface area (Å²) in [5.41, 5.74) is 2.69. The van der Waals surface area contributed by atoms with Crippen LogP contribution >= 0.6 is 11.6 Å². The number of hydrogen-bond donors (Lipinski definition) is 0. The van der Waals surface area contributed by atoms with Crippen molar-refractivity contribution in [2.24, 2.45) is 0 Å². The van der Waals surface area contributed by atoms with Crippen molar-refractivity contribution in [1.82, 2.24) is 24.3 Å². The van der Waals surface area contributed by atoms with Gasteiger partial charge in [-0.05, 0) is 38.1 Å². The summed E-state index contributed by atoms with van der Waals surface area (Å²) in [4.78, 5) is 26.0. The van der Waals surface area contributed by atoms with Crippen LogP contribution in [-0.4, -0.2) is 50.4 Å². The quantitative estimate of drug-likeness (QED) is 0.559. The van der Waals surface area contributed by atoms with E-state index < -0.39 is 0 Å². The van der Waals surface area contributed by atoms with Gasteiger partial charge in [0.15, 0.2) is 0 Å². The normalized spacial score (nSPS) is 13.5. The number of fused-ring (bicyclic) bond motifs is 3. The number of oxazole rings is 1. The standard InChI is InChI=1S/C22H26ClN5O2/c1-4-9-27(10-5-2)12-15-11-24-21(30-15)20-18-13-26(3)22(29)19-16(23)7-6-8-17(19)28(18)14-25-20/h6-8,11,14H,4-5,9-10,12-13H2,1-3H3. The van der Waals surface area contributed by atoms with Crippen LogP contribution in [0.4, 0.5) is 0 Å². The largest absolute Gasteiger partial charge is 0.438 e. The number of rotatable bonds is 7. The van der Waals surface area contributed by atoms with Crippen molar-refractivity contribution in [3.05, 3.63) is 52.8 Å². The SMILES string of the molecule is CCCN(CCC)Cc1cnc(-c2ncn3c2CN(C)C(=O)c2c(Cl)cccc2-3)o1. The number of amides is 1. The molecule has 0 spiro atoms. The van der Waals surface area contributed by atoms with Crippen molar-refractivity contribution in [2.75, 3.05) is 20.1 Å². The minimum absolute atomic E-state index is 0.117. The van der Waals surface area contributed by atoms with E-state index in [1.54, 1.807) is 30.5 Å². The number of imidazole rings is 1. The molecule has 2 aromatic heterocycles. The molecule has 1 aromatic carbocycles. The summed E-state index contributed by atoms with van der Waals surface area (Å²) in [7, 11) is 1.76. The lowest BCUT2D eigenvalue weighted by molar-refractivity contribution is 0.0788. The second-order valence-corrected chi connectivity index (χ2v) is 8.02. The van der Waals surface area contributed by atoms with Crippen LogP contribution in [0.3, 0.4) is 0 Å². The van der Waals surface area contributed by atoms with Crippen molar-refractivity contribution in [2.45, 2.75) is 39.8 Å². The Kier molecular flexibility index (Phi) is 5.92. The molecule has 0 saturated heterocycles. The van der Waals surface area contributed by atoms with Crippen molar-refractivity contribution in [3.63, 3.8) is 0 Å². The maximum absolute atomic E-state index is 12.9. The smallest absolute Gasteiger partial charge is 0.257 e. The fourth-order valence-corrected chi connectivity index (χ4v) is 4.19. The summed E-state index contributed by atoms with van der Waals surface area (Å²) in [6, 6.07) is 5.44. The highest BCUT2D eigenvalue weighted by molar-refractivity contribution is 6.34. The van der Waals surface area contributed by atoms with E-state index in [0.717, 1.165) is 49.6 Å². The summed E-state index contributed by atoms with van der Waals surface area (Å²) in [6.45, 7) is 7.51. The zero-order valence-electron chi connectivity index (χ0n) is 17.6. The van der Waals surface area contributed by atoms with E-state index >= 15 is 0 Å². The maximum atomic E-state index is 12.9. The zero-order chi connectivity index (χ0) is 21.3. The number of nitrogens with zero attached hydrogens (tertiary/aromatic N) is 5. The number of benzene rings is 1. The Morgan fingerprint density at radius 2 is 1.97 bits per heavy atom. The number of carbonyl (C=O) groups excluding carboxylic acids is 1. The first-order chi connectivity index (χ1) is 14.5. The van der Waals surface area contributed by atoms with E-state index in [2.05, 4.69) is 28.7 Å². The molecular formula is C22H26ClN5O2. The van der Waals surface area contributed by atoms with Gasteiger partial charge in [0.05, 0.1) is 41.3 Å². The molecule has 8 heteroatoms. The molecule has 158 valence electrons. The van der Waals surface area contributed by atoms with Crippen LogP contribution < -0.4 is 0 Å². The molecule has 0 aliphatic carbocycles. The second-order valence-electron chi connectivity index (χ2n) is 7.61. The topological polar surface area (TPSA) is 67.4 Å². The van der Waals surface area contributed by atoms with Crippen LogP contribution in [0.1, 0.15) is 48.5 Å². The van der Waals surface area contributed by atoms with Crippen LogP contribution in [0.5, 0.6) is 0 Å².